The maximum Gasteiger partial charge on any atom is 0.270 e. The molecule has 1 unspecified atom stereocenters. The molecule has 0 amide bonds. The number of hydrogen-bond donors (Lipinski definition) is 0. The van der Waals surface area contributed by atoms with Crippen LogP contribution in [0.5, 0.6) is 5.75 Å². The summed E-state index contributed by atoms with van der Waals surface area (Å²) in [6.07, 6.45) is 1.68. The van der Waals surface area contributed by atoms with Crippen LogP contribution in [-0.4, -0.2) is 51.7 Å². The summed E-state index contributed by atoms with van der Waals surface area (Å²) in [6, 6.07) is 15.2. The third-order valence-electron chi connectivity index (χ3n) is 7.28. The van der Waals surface area contributed by atoms with E-state index in [9.17, 15) is 9.18 Å². The SMILES string of the molecule is [C-]#[N+]c1ccc2c(n1)c(N1C[C@@H](C)N(C(c3cccc(F)c3)c3ccc(OC)cn3)C[C@@H]1C)cc(=O)n2C. The van der Waals surface area contributed by atoms with Crippen molar-refractivity contribution in [1.29, 1.82) is 0 Å². The third-order valence-corrected chi connectivity index (χ3v) is 7.28. The van der Waals surface area contributed by atoms with Gasteiger partial charge < -0.3 is 19.0 Å². The van der Waals surface area contributed by atoms with Crippen molar-refractivity contribution >= 4 is 22.5 Å². The number of piperazine rings is 1. The van der Waals surface area contributed by atoms with Crippen molar-refractivity contribution in [2.24, 2.45) is 7.05 Å². The van der Waals surface area contributed by atoms with E-state index in [0.717, 1.165) is 16.9 Å². The van der Waals surface area contributed by atoms with E-state index in [1.54, 1.807) is 55.3 Å². The van der Waals surface area contributed by atoms with Gasteiger partial charge in [0.1, 0.15) is 11.6 Å². The van der Waals surface area contributed by atoms with E-state index in [4.69, 9.17) is 11.3 Å². The van der Waals surface area contributed by atoms with Crippen LogP contribution in [0.25, 0.3) is 15.9 Å². The molecule has 0 N–H and O–H groups in total. The summed E-state index contributed by atoms with van der Waals surface area (Å²) >= 11 is 0. The summed E-state index contributed by atoms with van der Waals surface area (Å²) in [5.74, 6) is 0.643. The van der Waals surface area contributed by atoms with Crippen molar-refractivity contribution in [3.8, 4) is 5.75 Å². The Labute approximate surface area is 220 Å². The third kappa shape index (κ3) is 4.59. The first kappa shape index (κ1) is 25.4. The molecule has 3 atom stereocenters. The lowest BCUT2D eigenvalue weighted by Gasteiger charge is -2.48. The van der Waals surface area contributed by atoms with Gasteiger partial charge in [0.2, 0.25) is 5.52 Å². The van der Waals surface area contributed by atoms with E-state index in [1.165, 1.54) is 6.07 Å². The molecule has 0 bridgehead atoms. The zero-order valence-corrected chi connectivity index (χ0v) is 21.8. The highest BCUT2D eigenvalue weighted by atomic mass is 19.1. The van der Waals surface area contributed by atoms with E-state index >= 15 is 0 Å². The number of benzene rings is 1. The highest BCUT2D eigenvalue weighted by Crippen LogP contribution is 2.36. The molecule has 4 aromatic rings. The highest BCUT2D eigenvalue weighted by Gasteiger charge is 2.37. The van der Waals surface area contributed by atoms with Gasteiger partial charge in [-0.25, -0.2) is 4.39 Å². The van der Waals surface area contributed by atoms with E-state index in [0.29, 0.717) is 29.9 Å². The number of fused-ring (bicyclic) bond motifs is 1. The summed E-state index contributed by atoms with van der Waals surface area (Å²) in [5.41, 5.74) is 3.52. The topological polar surface area (TPSA) is 67.9 Å². The maximum absolute atomic E-state index is 14.3. The molecule has 194 valence electrons. The zero-order valence-electron chi connectivity index (χ0n) is 21.8. The number of pyridine rings is 3. The Morgan fingerprint density at radius 2 is 1.92 bits per heavy atom. The van der Waals surface area contributed by atoms with Gasteiger partial charge in [-0.2, -0.15) is 0 Å². The average Bonchev–Trinajstić information content (AvgIpc) is 2.93. The van der Waals surface area contributed by atoms with Gasteiger partial charge in [-0.1, -0.05) is 18.7 Å². The molecule has 0 saturated carbocycles. The molecular weight excluding hydrogens is 483 g/mol. The molecule has 1 aliphatic heterocycles. The number of nitrogens with zero attached hydrogens (tertiary/aromatic N) is 6. The van der Waals surface area contributed by atoms with Gasteiger partial charge in [0.15, 0.2) is 0 Å². The predicted octanol–water partition coefficient (Wildman–Crippen LogP) is 4.72. The number of hydrogen-bond acceptors (Lipinski definition) is 6. The summed E-state index contributed by atoms with van der Waals surface area (Å²) in [7, 11) is 3.31. The first-order chi connectivity index (χ1) is 18.3. The van der Waals surface area contributed by atoms with Gasteiger partial charge in [0.05, 0.1) is 36.2 Å². The van der Waals surface area contributed by atoms with Crippen LogP contribution in [-0.2, 0) is 7.05 Å². The lowest BCUT2D eigenvalue weighted by atomic mass is 9.96. The monoisotopic (exact) mass is 512 g/mol. The highest BCUT2D eigenvalue weighted by molar-refractivity contribution is 5.89. The van der Waals surface area contributed by atoms with Crippen molar-refractivity contribution in [3.05, 3.63) is 99.6 Å². The van der Waals surface area contributed by atoms with Gasteiger partial charge in [-0.15, -0.1) is 4.98 Å². The number of methoxy groups -OCH3 is 1. The minimum atomic E-state index is -0.298. The number of anilines is 1. The largest absolute Gasteiger partial charge is 0.495 e. The number of rotatable bonds is 5. The number of halogens is 1. The van der Waals surface area contributed by atoms with Gasteiger partial charge in [-0.05, 0) is 55.8 Å². The van der Waals surface area contributed by atoms with Gasteiger partial charge in [0, 0.05) is 38.3 Å². The molecule has 0 spiro atoms. The van der Waals surface area contributed by atoms with Crippen LogP contribution in [0.1, 0.15) is 31.1 Å². The second-order valence-corrected chi connectivity index (χ2v) is 9.70. The number of aromatic nitrogens is 3. The Kier molecular flexibility index (Phi) is 6.83. The van der Waals surface area contributed by atoms with E-state index in [1.807, 2.05) is 18.2 Å². The number of aryl methyl sites for hydroxylation is 1. The normalized spacial score (nSPS) is 18.8. The van der Waals surface area contributed by atoms with Gasteiger partial charge in [0.25, 0.3) is 11.4 Å². The van der Waals surface area contributed by atoms with Crippen molar-refractivity contribution in [2.75, 3.05) is 25.1 Å². The molecule has 0 radical (unpaired) electrons. The molecule has 9 heteroatoms. The Morgan fingerprint density at radius 3 is 2.61 bits per heavy atom. The summed E-state index contributed by atoms with van der Waals surface area (Å²) in [6.45, 7) is 12.9. The molecule has 0 aliphatic carbocycles. The van der Waals surface area contributed by atoms with Crippen LogP contribution in [0.4, 0.5) is 15.9 Å². The fraction of sp³-hybridized carbons (Fsp3) is 0.310. The van der Waals surface area contributed by atoms with Crippen LogP contribution >= 0.6 is 0 Å². The van der Waals surface area contributed by atoms with Crippen molar-refractivity contribution in [2.45, 2.75) is 32.0 Å². The molecule has 8 nitrogen and oxygen atoms in total. The first-order valence-corrected chi connectivity index (χ1v) is 12.5. The zero-order chi connectivity index (χ0) is 27.0. The summed E-state index contributed by atoms with van der Waals surface area (Å²) < 4.78 is 21.2. The molecule has 1 aromatic carbocycles. The Morgan fingerprint density at radius 1 is 1.11 bits per heavy atom. The van der Waals surface area contributed by atoms with Gasteiger partial charge >= 0.3 is 0 Å². The molecule has 38 heavy (non-hydrogen) atoms. The molecule has 3 aromatic heterocycles. The summed E-state index contributed by atoms with van der Waals surface area (Å²) in [5, 5.41) is 0. The van der Waals surface area contributed by atoms with Crippen LogP contribution in [0.3, 0.4) is 0 Å². The molecule has 1 fully saturated rings. The second-order valence-electron chi connectivity index (χ2n) is 9.70. The van der Waals surface area contributed by atoms with Crippen LogP contribution in [0.15, 0.2) is 65.6 Å². The van der Waals surface area contributed by atoms with Gasteiger partial charge in [-0.3, -0.25) is 14.7 Å². The first-order valence-electron chi connectivity index (χ1n) is 12.5. The van der Waals surface area contributed by atoms with Crippen molar-refractivity contribution < 1.29 is 9.13 Å². The minimum Gasteiger partial charge on any atom is -0.495 e. The van der Waals surface area contributed by atoms with E-state index in [-0.39, 0.29) is 35.3 Å². The fourth-order valence-corrected chi connectivity index (χ4v) is 5.31. The lowest BCUT2D eigenvalue weighted by Crippen LogP contribution is -2.57. The second kappa shape index (κ2) is 10.2. The fourth-order valence-electron chi connectivity index (χ4n) is 5.31. The molecule has 1 saturated heterocycles. The van der Waals surface area contributed by atoms with E-state index in [2.05, 4.69) is 38.5 Å². The van der Waals surface area contributed by atoms with Crippen molar-refractivity contribution in [1.82, 2.24) is 19.4 Å². The lowest BCUT2D eigenvalue weighted by molar-refractivity contribution is 0.127. The Bertz CT molecular complexity index is 1580. The molecular formula is C29H29FN6O2. The van der Waals surface area contributed by atoms with Crippen LogP contribution < -0.4 is 15.2 Å². The Hall–Kier alpha value is -4.29. The molecule has 1 aliphatic rings. The standard InChI is InChI=1S/C29H29FN6O2/c1-18-17-36(29(20-7-6-8-21(30)13-20)23-10-9-22(38-5)15-32-23)19(2)16-35(18)25-14-27(37)34(4)24-11-12-26(31-3)33-28(24)25/h6-15,18-19,29H,16-17H2,1-2,4-5H3/t18-,19+,29?/m0/s1. The molecule has 5 rings (SSSR count). The minimum absolute atomic E-state index is 0.00536. The predicted molar refractivity (Wildman–Crippen MR) is 145 cm³/mol. The molecule has 4 heterocycles. The van der Waals surface area contributed by atoms with E-state index < -0.39 is 0 Å². The maximum atomic E-state index is 14.3. The quantitative estimate of drug-likeness (QED) is 0.361. The van der Waals surface area contributed by atoms with Crippen LogP contribution in [0, 0.1) is 12.4 Å². The average molecular weight is 513 g/mol. The number of ether oxygens (including phenoxy) is 1. The van der Waals surface area contributed by atoms with Crippen LogP contribution in [0.2, 0.25) is 0 Å². The smallest absolute Gasteiger partial charge is 0.270 e. The summed E-state index contributed by atoms with van der Waals surface area (Å²) in [4.78, 5) is 30.1. The Balaban J connectivity index is 1.55. The van der Waals surface area contributed by atoms with Crippen molar-refractivity contribution in [3.63, 3.8) is 0 Å².